The minimum absolute atomic E-state index is 0.0572. The summed E-state index contributed by atoms with van der Waals surface area (Å²) in [6, 6.07) is 23.1. The average Bonchev–Trinajstić information content (AvgIpc) is 3.43. The number of hydrogen-bond acceptors (Lipinski definition) is 3. The molecule has 1 aliphatic carbocycles. The van der Waals surface area contributed by atoms with Gasteiger partial charge in [-0.25, -0.2) is 0 Å². The van der Waals surface area contributed by atoms with Gasteiger partial charge in [0.15, 0.2) is 0 Å². The molecule has 2 amide bonds. The number of hydrogen-bond donors (Lipinski definition) is 1. The summed E-state index contributed by atoms with van der Waals surface area (Å²) in [7, 11) is 0. The van der Waals surface area contributed by atoms with Crippen molar-refractivity contribution in [3.05, 3.63) is 99.5 Å². The van der Waals surface area contributed by atoms with Gasteiger partial charge in [-0.3, -0.25) is 9.59 Å². The van der Waals surface area contributed by atoms with E-state index in [1.54, 1.807) is 28.8 Å². The SMILES string of the molecule is Cc1ccc(SCCC(=O)N(Cc2ccc(Cl)c(Cl)c2)[C@H](Cc2ccccc2)C(=O)NC2CCCC2)cc1. The Labute approximate surface area is 240 Å². The predicted molar refractivity (Wildman–Crippen MR) is 158 cm³/mol. The fourth-order valence-corrected chi connectivity index (χ4v) is 5.95. The van der Waals surface area contributed by atoms with Gasteiger partial charge in [-0.15, -0.1) is 11.8 Å². The fourth-order valence-electron chi connectivity index (χ4n) is 4.79. The number of nitrogens with zero attached hydrogens (tertiary/aromatic N) is 1. The van der Waals surface area contributed by atoms with Crippen LogP contribution < -0.4 is 5.32 Å². The maximum atomic E-state index is 13.8. The fraction of sp³-hybridized carbons (Fsp3) is 0.355. The van der Waals surface area contributed by atoms with E-state index in [1.165, 1.54) is 5.56 Å². The number of carbonyl (C=O) groups excluding carboxylic acids is 2. The van der Waals surface area contributed by atoms with Crippen LogP contribution in [-0.4, -0.2) is 34.6 Å². The van der Waals surface area contributed by atoms with Crippen molar-refractivity contribution in [1.82, 2.24) is 10.2 Å². The summed E-state index contributed by atoms with van der Waals surface area (Å²) < 4.78 is 0. The minimum atomic E-state index is -0.635. The number of aryl methyl sites for hydroxylation is 1. The molecule has 38 heavy (non-hydrogen) atoms. The first-order valence-electron chi connectivity index (χ1n) is 13.2. The van der Waals surface area contributed by atoms with Crippen LogP contribution in [0.3, 0.4) is 0 Å². The number of rotatable bonds is 11. The highest BCUT2D eigenvalue weighted by Gasteiger charge is 2.32. The summed E-state index contributed by atoms with van der Waals surface area (Å²) in [5, 5.41) is 4.14. The lowest BCUT2D eigenvalue weighted by atomic mass is 10.0. The smallest absolute Gasteiger partial charge is 0.243 e. The molecule has 0 radical (unpaired) electrons. The molecule has 1 aliphatic rings. The Hall–Kier alpha value is -2.47. The first kappa shape index (κ1) is 28.5. The van der Waals surface area contributed by atoms with E-state index in [1.807, 2.05) is 36.4 Å². The van der Waals surface area contributed by atoms with Crippen molar-refractivity contribution in [1.29, 1.82) is 0 Å². The van der Waals surface area contributed by atoms with E-state index in [4.69, 9.17) is 23.2 Å². The third kappa shape index (κ3) is 8.26. The zero-order valence-electron chi connectivity index (χ0n) is 21.7. The summed E-state index contributed by atoms with van der Waals surface area (Å²) in [4.78, 5) is 30.4. The maximum absolute atomic E-state index is 13.8. The first-order chi connectivity index (χ1) is 18.4. The quantitative estimate of drug-likeness (QED) is 0.244. The Morgan fingerprint density at radius 2 is 1.66 bits per heavy atom. The highest BCUT2D eigenvalue weighted by atomic mass is 35.5. The van der Waals surface area contributed by atoms with E-state index < -0.39 is 6.04 Å². The summed E-state index contributed by atoms with van der Waals surface area (Å²) in [6.07, 6.45) is 4.97. The molecule has 3 aromatic carbocycles. The Kier molecular flexibility index (Phi) is 10.6. The largest absolute Gasteiger partial charge is 0.352 e. The molecule has 0 aromatic heterocycles. The van der Waals surface area contributed by atoms with Crippen molar-refractivity contribution in [2.75, 3.05) is 5.75 Å². The molecule has 1 fully saturated rings. The number of thioether (sulfide) groups is 1. The first-order valence-corrected chi connectivity index (χ1v) is 14.9. The van der Waals surface area contributed by atoms with E-state index in [-0.39, 0.29) is 24.4 Å². The van der Waals surface area contributed by atoms with E-state index in [0.29, 0.717) is 28.6 Å². The zero-order chi connectivity index (χ0) is 26.9. The van der Waals surface area contributed by atoms with Gasteiger partial charge in [0.1, 0.15) is 6.04 Å². The van der Waals surface area contributed by atoms with Crippen LogP contribution in [0.5, 0.6) is 0 Å². The summed E-state index contributed by atoms with van der Waals surface area (Å²) >= 11 is 14.1. The monoisotopic (exact) mass is 568 g/mol. The minimum Gasteiger partial charge on any atom is -0.352 e. The third-order valence-electron chi connectivity index (χ3n) is 6.92. The van der Waals surface area contributed by atoms with Gasteiger partial charge in [0.2, 0.25) is 11.8 Å². The summed E-state index contributed by atoms with van der Waals surface area (Å²) in [5.74, 6) is 0.473. The van der Waals surface area contributed by atoms with Crippen LogP contribution >= 0.6 is 35.0 Å². The van der Waals surface area contributed by atoms with Gasteiger partial charge in [-0.1, -0.05) is 90.1 Å². The van der Waals surface area contributed by atoms with Gasteiger partial charge in [0.05, 0.1) is 10.0 Å². The predicted octanol–water partition coefficient (Wildman–Crippen LogP) is 7.48. The van der Waals surface area contributed by atoms with Crippen LogP contribution in [0.15, 0.2) is 77.7 Å². The molecule has 0 aliphatic heterocycles. The van der Waals surface area contributed by atoms with Crippen molar-refractivity contribution in [2.24, 2.45) is 0 Å². The lowest BCUT2D eigenvalue weighted by Gasteiger charge is -2.32. The van der Waals surface area contributed by atoms with Crippen molar-refractivity contribution in [2.45, 2.75) is 69.0 Å². The Morgan fingerprint density at radius 1 is 0.947 bits per heavy atom. The summed E-state index contributed by atoms with van der Waals surface area (Å²) in [5.41, 5.74) is 3.06. The molecule has 0 saturated heterocycles. The van der Waals surface area contributed by atoms with E-state index in [0.717, 1.165) is 41.7 Å². The van der Waals surface area contributed by atoms with Gasteiger partial charge >= 0.3 is 0 Å². The molecular weight excluding hydrogens is 535 g/mol. The van der Waals surface area contributed by atoms with Crippen LogP contribution in [0.25, 0.3) is 0 Å². The highest BCUT2D eigenvalue weighted by Crippen LogP contribution is 2.26. The van der Waals surface area contributed by atoms with Crippen molar-refractivity contribution in [3.63, 3.8) is 0 Å². The number of benzene rings is 3. The van der Waals surface area contributed by atoms with Crippen LogP contribution in [0.1, 0.15) is 48.8 Å². The number of halogens is 2. The second-order valence-corrected chi connectivity index (χ2v) is 11.9. The normalized spacial score (nSPS) is 14.3. The third-order valence-corrected chi connectivity index (χ3v) is 8.67. The van der Waals surface area contributed by atoms with Crippen LogP contribution in [0, 0.1) is 6.92 Å². The number of carbonyl (C=O) groups is 2. The Morgan fingerprint density at radius 3 is 2.34 bits per heavy atom. The standard InChI is InChI=1S/C31H34Cl2N2O2S/c1-22-11-14-26(15-12-22)38-18-17-30(36)35(21-24-13-16-27(32)28(33)19-24)29(20-23-7-3-2-4-8-23)31(37)34-25-9-5-6-10-25/h2-4,7-8,11-16,19,25,29H,5-6,9-10,17-18,20-21H2,1H3,(H,34,37)/t29-/m1/s1. The molecule has 1 saturated carbocycles. The maximum Gasteiger partial charge on any atom is 0.243 e. The van der Waals surface area contributed by atoms with E-state index in [9.17, 15) is 9.59 Å². The molecule has 1 N–H and O–H groups in total. The van der Waals surface area contributed by atoms with E-state index in [2.05, 4.69) is 36.5 Å². The number of nitrogens with one attached hydrogen (secondary N) is 1. The second kappa shape index (κ2) is 14.1. The van der Waals surface area contributed by atoms with Crippen molar-refractivity contribution >= 4 is 46.8 Å². The average molecular weight is 570 g/mol. The molecule has 7 heteroatoms. The molecule has 1 atom stereocenters. The number of amides is 2. The van der Waals surface area contributed by atoms with Gasteiger partial charge in [-0.2, -0.15) is 0 Å². The van der Waals surface area contributed by atoms with Gasteiger partial charge in [-0.05, 0) is 55.2 Å². The van der Waals surface area contributed by atoms with Crippen LogP contribution in [0.4, 0.5) is 0 Å². The molecule has 0 bridgehead atoms. The topological polar surface area (TPSA) is 49.4 Å². The Balaban J connectivity index is 1.57. The van der Waals surface area contributed by atoms with Crippen LogP contribution in [0.2, 0.25) is 10.0 Å². The van der Waals surface area contributed by atoms with Crippen molar-refractivity contribution < 1.29 is 9.59 Å². The lowest BCUT2D eigenvalue weighted by molar-refractivity contribution is -0.141. The van der Waals surface area contributed by atoms with E-state index >= 15 is 0 Å². The molecule has 4 nitrogen and oxygen atoms in total. The second-order valence-electron chi connectivity index (χ2n) is 9.88. The van der Waals surface area contributed by atoms with Gasteiger partial charge in [0, 0.05) is 36.1 Å². The molecule has 0 spiro atoms. The van der Waals surface area contributed by atoms with Gasteiger partial charge in [0.25, 0.3) is 0 Å². The molecule has 3 aromatic rings. The lowest BCUT2D eigenvalue weighted by Crippen LogP contribution is -2.52. The van der Waals surface area contributed by atoms with Crippen molar-refractivity contribution in [3.8, 4) is 0 Å². The highest BCUT2D eigenvalue weighted by molar-refractivity contribution is 7.99. The zero-order valence-corrected chi connectivity index (χ0v) is 24.0. The molecule has 4 rings (SSSR count). The summed E-state index contributed by atoms with van der Waals surface area (Å²) in [6.45, 7) is 2.34. The Bertz CT molecular complexity index is 1210. The molecular formula is C31H34Cl2N2O2S. The molecule has 0 unspecified atom stereocenters. The van der Waals surface area contributed by atoms with Gasteiger partial charge < -0.3 is 10.2 Å². The molecule has 0 heterocycles. The molecule has 200 valence electrons. The van der Waals surface area contributed by atoms with Crippen LogP contribution in [-0.2, 0) is 22.6 Å².